The van der Waals surface area contributed by atoms with Crippen molar-refractivity contribution in [3.63, 3.8) is 0 Å². The number of benzene rings is 3. The van der Waals surface area contributed by atoms with Crippen molar-refractivity contribution in [1.82, 2.24) is 9.97 Å². The minimum Gasteiger partial charge on any atom is -0.508 e. The molecule has 0 amide bonds. The second-order valence-corrected chi connectivity index (χ2v) is 6.37. The average molecular weight is 351 g/mol. The number of nitriles is 1. The summed E-state index contributed by atoms with van der Waals surface area (Å²) in [5, 5.41) is 19.7. The number of nitrogens with zero attached hydrogens (tertiary/aromatic N) is 3. The van der Waals surface area contributed by atoms with Gasteiger partial charge in [-0.05, 0) is 60.9 Å². The first-order valence-electron chi connectivity index (χ1n) is 8.77. The van der Waals surface area contributed by atoms with Gasteiger partial charge in [-0.25, -0.2) is 9.97 Å². The van der Waals surface area contributed by atoms with E-state index >= 15 is 0 Å². The number of phenolic OH excluding ortho intramolecular Hbond substituents is 1. The molecule has 0 fully saturated rings. The molecule has 0 aliphatic carbocycles. The molecule has 130 valence electrons. The number of hydrogen-bond acceptors (Lipinski definition) is 4. The molecular formula is C23H17N3O. The monoisotopic (exact) mass is 351 g/mol. The largest absolute Gasteiger partial charge is 0.508 e. The van der Waals surface area contributed by atoms with Crippen LogP contribution >= 0.6 is 0 Å². The van der Waals surface area contributed by atoms with Crippen molar-refractivity contribution in [2.24, 2.45) is 0 Å². The first-order chi connectivity index (χ1) is 13.2. The van der Waals surface area contributed by atoms with Crippen LogP contribution in [0.3, 0.4) is 0 Å². The summed E-state index contributed by atoms with van der Waals surface area (Å²) >= 11 is 0. The van der Waals surface area contributed by atoms with Gasteiger partial charge in [0.15, 0.2) is 5.82 Å². The van der Waals surface area contributed by atoms with Crippen LogP contribution in [-0.4, -0.2) is 15.1 Å². The third-order valence-electron chi connectivity index (χ3n) is 4.52. The maximum Gasteiger partial charge on any atom is 0.160 e. The van der Waals surface area contributed by atoms with Gasteiger partial charge in [-0.3, -0.25) is 0 Å². The fraction of sp³-hybridized carbons (Fsp3) is 0.0870. The zero-order valence-electron chi connectivity index (χ0n) is 14.6. The molecule has 1 N–H and O–H groups in total. The van der Waals surface area contributed by atoms with Crippen LogP contribution in [0.15, 0.2) is 72.8 Å². The van der Waals surface area contributed by atoms with Crippen molar-refractivity contribution in [2.45, 2.75) is 12.8 Å². The van der Waals surface area contributed by atoms with Gasteiger partial charge in [0.05, 0.1) is 22.8 Å². The van der Waals surface area contributed by atoms with Crippen molar-refractivity contribution in [3.8, 4) is 23.2 Å². The third-order valence-corrected chi connectivity index (χ3v) is 4.52. The second-order valence-electron chi connectivity index (χ2n) is 6.37. The molecule has 4 nitrogen and oxygen atoms in total. The molecule has 1 aromatic heterocycles. The molecule has 1 heterocycles. The standard InChI is InChI=1S/C23H17N3O/c24-15-17-6-9-18(10-7-17)23-25-21(12-8-16-4-2-1-3-5-16)20-14-19(27)11-13-22(20)26-23/h1-7,9-11,13-14,27H,8,12H2. The molecule has 4 heteroatoms. The third kappa shape index (κ3) is 3.63. The number of aromatic hydroxyl groups is 1. The Morgan fingerprint density at radius 2 is 1.63 bits per heavy atom. The van der Waals surface area contributed by atoms with E-state index in [4.69, 9.17) is 10.2 Å². The molecule has 0 aliphatic rings. The van der Waals surface area contributed by atoms with E-state index in [9.17, 15) is 5.11 Å². The Balaban J connectivity index is 1.77. The molecule has 3 aromatic carbocycles. The minimum absolute atomic E-state index is 0.207. The van der Waals surface area contributed by atoms with Crippen LogP contribution < -0.4 is 0 Å². The topological polar surface area (TPSA) is 69.8 Å². The Kier molecular flexibility index (Phi) is 4.51. The van der Waals surface area contributed by atoms with Crippen molar-refractivity contribution >= 4 is 10.9 Å². The van der Waals surface area contributed by atoms with Gasteiger partial charge >= 0.3 is 0 Å². The van der Waals surface area contributed by atoms with Gasteiger partial charge in [0.25, 0.3) is 0 Å². The molecule has 27 heavy (non-hydrogen) atoms. The maximum atomic E-state index is 9.90. The highest BCUT2D eigenvalue weighted by Crippen LogP contribution is 2.26. The van der Waals surface area contributed by atoms with Crippen LogP contribution in [0.25, 0.3) is 22.3 Å². The van der Waals surface area contributed by atoms with Crippen LogP contribution in [0.1, 0.15) is 16.8 Å². The highest BCUT2D eigenvalue weighted by atomic mass is 16.3. The number of phenols is 1. The molecule has 0 radical (unpaired) electrons. The molecule has 0 aliphatic heterocycles. The van der Waals surface area contributed by atoms with Crippen LogP contribution in [0.4, 0.5) is 0 Å². The number of hydrogen-bond donors (Lipinski definition) is 1. The SMILES string of the molecule is N#Cc1ccc(-c2nc(CCc3ccccc3)c3cc(O)ccc3n2)cc1. The molecule has 0 spiro atoms. The Labute approximate surface area is 157 Å². The van der Waals surface area contributed by atoms with E-state index in [1.165, 1.54) is 5.56 Å². The van der Waals surface area contributed by atoms with Crippen LogP contribution in [0.2, 0.25) is 0 Å². The van der Waals surface area contributed by atoms with Crippen LogP contribution in [0.5, 0.6) is 5.75 Å². The van der Waals surface area contributed by atoms with Crippen molar-refractivity contribution in [3.05, 3.63) is 89.6 Å². The smallest absolute Gasteiger partial charge is 0.160 e. The predicted octanol–water partition coefficient (Wildman–Crippen LogP) is 4.66. The summed E-state index contributed by atoms with van der Waals surface area (Å²) in [4.78, 5) is 9.43. The van der Waals surface area contributed by atoms with E-state index in [0.717, 1.165) is 35.0 Å². The molecule has 0 saturated carbocycles. The lowest BCUT2D eigenvalue weighted by Gasteiger charge is -2.10. The number of fused-ring (bicyclic) bond motifs is 1. The van der Waals surface area contributed by atoms with Gasteiger partial charge in [0.2, 0.25) is 0 Å². The summed E-state index contributed by atoms with van der Waals surface area (Å²) in [7, 11) is 0. The molecule has 0 atom stereocenters. The summed E-state index contributed by atoms with van der Waals surface area (Å²) < 4.78 is 0. The predicted molar refractivity (Wildman–Crippen MR) is 105 cm³/mol. The van der Waals surface area contributed by atoms with Gasteiger partial charge in [-0.1, -0.05) is 30.3 Å². The summed E-state index contributed by atoms with van der Waals surface area (Å²) in [5.41, 5.74) is 4.41. The first kappa shape index (κ1) is 16.7. The normalized spacial score (nSPS) is 10.6. The Morgan fingerprint density at radius 1 is 0.852 bits per heavy atom. The van der Waals surface area contributed by atoms with Crippen molar-refractivity contribution in [1.29, 1.82) is 5.26 Å². The van der Waals surface area contributed by atoms with Gasteiger partial charge in [-0.15, -0.1) is 0 Å². The molecule has 0 bridgehead atoms. The fourth-order valence-corrected chi connectivity index (χ4v) is 3.10. The van der Waals surface area contributed by atoms with E-state index < -0.39 is 0 Å². The average Bonchev–Trinajstić information content (AvgIpc) is 2.73. The highest BCUT2D eigenvalue weighted by Gasteiger charge is 2.11. The van der Waals surface area contributed by atoms with E-state index in [1.807, 2.05) is 36.4 Å². The lowest BCUT2D eigenvalue weighted by molar-refractivity contribution is 0.476. The molecule has 0 unspecified atom stereocenters. The lowest BCUT2D eigenvalue weighted by atomic mass is 10.0. The number of rotatable bonds is 4. The maximum absolute atomic E-state index is 9.90. The molecule has 0 saturated heterocycles. The van der Waals surface area contributed by atoms with Gasteiger partial charge < -0.3 is 5.11 Å². The lowest BCUT2D eigenvalue weighted by Crippen LogP contribution is -2.00. The van der Waals surface area contributed by atoms with E-state index in [1.54, 1.807) is 24.3 Å². The van der Waals surface area contributed by atoms with Gasteiger partial charge in [0, 0.05) is 10.9 Å². The molecular weight excluding hydrogens is 334 g/mol. The first-order valence-corrected chi connectivity index (χ1v) is 8.77. The Bertz CT molecular complexity index is 1130. The summed E-state index contributed by atoms with van der Waals surface area (Å²) in [5.74, 6) is 0.832. The highest BCUT2D eigenvalue weighted by molar-refractivity contribution is 5.84. The Hall–Kier alpha value is -3.71. The van der Waals surface area contributed by atoms with E-state index in [-0.39, 0.29) is 5.75 Å². The zero-order valence-corrected chi connectivity index (χ0v) is 14.6. The molecule has 4 rings (SSSR count). The quantitative estimate of drug-likeness (QED) is 0.580. The Morgan fingerprint density at radius 3 is 2.37 bits per heavy atom. The number of aryl methyl sites for hydroxylation is 2. The minimum atomic E-state index is 0.207. The fourth-order valence-electron chi connectivity index (χ4n) is 3.10. The second kappa shape index (κ2) is 7.27. The summed E-state index contributed by atoms with van der Waals surface area (Å²) in [6, 6.07) is 24.8. The zero-order chi connectivity index (χ0) is 18.6. The van der Waals surface area contributed by atoms with E-state index in [2.05, 4.69) is 23.2 Å². The van der Waals surface area contributed by atoms with Gasteiger partial charge in [0.1, 0.15) is 5.75 Å². The van der Waals surface area contributed by atoms with Crippen molar-refractivity contribution < 1.29 is 5.11 Å². The van der Waals surface area contributed by atoms with Crippen LogP contribution in [0, 0.1) is 11.3 Å². The summed E-state index contributed by atoms with van der Waals surface area (Å²) in [6.45, 7) is 0. The summed E-state index contributed by atoms with van der Waals surface area (Å²) in [6.07, 6.45) is 1.60. The molecule has 4 aromatic rings. The van der Waals surface area contributed by atoms with Crippen LogP contribution in [-0.2, 0) is 12.8 Å². The number of aromatic nitrogens is 2. The van der Waals surface area contributed by atoms with Gasteiger partial charge in [-0.2, -0.15) is 5.26 Å². The van der Waals surface area contributed by atoms with Crippen molar-refractivity contribution in [2.75, 3.05) is 0 Å². The van der Waals surface area contributed by atoms with E-state index in [0.29, 0.717) is 11.4 Å².